The summed E-state index contributed by atoms with van der Waals surface area (Å²) in [5, 5.41) is 0.831. The van der Waals surface area contributed by atoms with Gasteiger partial charge in [-0.3, -0.25) is 4.79 Å². The van der Waals surface area contributed by atoms with Crippen molar-refractivity contribution in [2.45, 2.75) is 108 Å². The molecular formula is C20H38O2S2. The van der Waals surface area contributed by atoms with Crippen molar-refractivity contribution in [3.63, 3.8) is 0 Å². The quantitative estimate of drug-likeness (QED) is 0.162. The van der Waals surface area contributed by atoms with E-state index in [1.165, 1.54) is 82.8 Å². The highest BCUT2D eigenvalue weighted by atomic mass is 33.1. The van der Waals surface area contributed by atoms with E-state index in [1.807, 2.05) is 21.6 Å². The molecule has 142 valence electrons. The van der Waals surface area contributed by atoms with E-state index < -0.39 is 0 Å². The topological polar surface area (TPSA) is 26.3 Å². The Hall–Kier alpha value is 0.170. The van der Waals surface area contributed by atoms with Crippen molar-refractivity contribution in [1.29, 1.82) is 0 Å². The summed E-state index contributed by atoms with van der Waals surface area (Å²) < 4.78 is 5.34. The lowest BCUT2D eigenvalue weighted by atomic mass is 10.1. The molecule has 0 amide bonds. The Balaban J connectivity index is 1.74. The van der Waals surface area contributed by atoms with Crippen LogP contribution in [0.4, 0.5) is 0 Å². The zero-order valence-electron chi connectivity index (χ0n) is 15.7. The second-order valence-corrected chi connectivity index (χ2v) is 9.76. The van der Waals surface area contributed by atoms with Crippen LogP contribution >= 0.6 is 21.6 Å². The molecule has 0 aromatic rings. The van der Waals surface area contributed by atoms with E-state index in [-0.39, 0.29) is 5.97 Å². The summed E-state index contributed by atoms with van der Waals surface area (Å²) in [5.41, 5.74) is 0. The number of ether oxygens (including phenoxy) is 1. The Morgan fingerprint density at radius 1 is 0.917 bits per heavy atom. The lowest BCUT2D eigenvalue weighted by Crippen LogP contribution is -2.06. The summed E-state index contributed by atoms with van der Waals surface area (Å²) in [6.45, 7) is 2.89. The Kier molecular flexibility index (Phi) is 15.4. The Morgan fingerprint density at radius 3 is 2.21 bits per heavy atom. The van der Waals surface area contributed by atoms with Crippen molar-refractivity contribution in [2.75, 3.05) is 12.4 Å². The molecule has 0 aliphatic carbocycles. The van der Waals surface area contributed by atoms with Gasteiger partial charge in [0.2, 0.25) is 0 Å². The van der Waals surface area contributed by atoms with Crippen LogP contribution in [0.15, 0.2) is 0 Å². The Morgan fingerprint density at radius 2 is 1.58 bits per heavy atom. The first-order valence-corrected chi connectivity index (χ1v) is 12.6. The van der Waals surface area contributed by atoms with Crippen molar-refractivity contribution >= 4 is 27.6 Å². The van der Waals surface area contributed by atoms with Crippen LogP contribution in [-0.4, -0.2) is 23.6 Å². The van der Waals surface area contributed by atoms with Crippen LogP contribution in [0.3, 0.4) is 0 Å². The molecule has 0 aromatic carbocycles. The molecule has 2 nitrogen and oxygen atoms in total. The number of carbonyl (C=O) groups excluding carboxylic acids is 1. The van der Waals surface area contributed by atoms with Crippen LogP contribution < -0.4 is 0 Å². The molecule has 4 heteroatoms. The second-order valence-electron chi connectivity index (χ2n) is 6.98. The van der Waals surface area contributed by atoms with Gasteiger partial charge in [-0.2, -0.15) is 0 Å². The van der Waals surface area contributed by atoms with Crippen LogP contribution in [0, 0.1) is 0 Å². The summed E-state index contributed by atoms with van der Waals surface area (Å²) in [4.78, 5) is 11.7. The molecule has 1 unspecified atom stereocenters. The van der Waals surface area contributed by atoms with Crippen LogP contribution in [0.2, 0.25) is 0 Å². The summed E-state index contributed by atoms with van der Waals surface area (Å²) >= 11 is 0. The fraction of sp³-hybridized carbons (Fsp3) is 0.950. The minimum Gasteiger partial charge on any atom is -0.466 e. The first-order chi connectivity index (χ1) is 11.8. The third kappa shape index (κ3) is 13.5. The van der Waals surface area contributed by atoms with Crippen molar-refractivity contribution < 1.29 is 9.53 Å². The largest absolute Gasteiger partial charge is 0.466 e. The van der Waals surface area contributed by atoms with E-state index in [0.717, 1.165) is 18.1 Å². The van der Waals surface area contributed by atoms with Crippen molar-refractivity contribution in [1.82, 2.24) is 0 Å². The molecule has 1 saturated heterocycles. The number of unbranched alkanes of at least 4 members (excludes halogenated alkanes) is 10. The molecule has 1 aliphatic heterocycles. The van der Waals surface area contributed by atoms with Crippen LogP contribution in [-0.2, 0) is 9.53 Å². The van der Waals surface area contributed by atoms with Crippen molar-refractivity contribution in [3.05, 3.63) is 0 Å². The van der Waals surface area contributed by atoms with Gasteiger partial charge in [-0.1, -0.05) is 92.7 Å². The van der Waals surface area contributed by atoms with E-state index >= 15 is 0 Å². The lowest BCUT2D eigenvalue weighted by Gasteiger charge is -2.07. The highest BCUT2D eigenvalue weighted by Crippen LogP contribution is 2.39. The summed E-state index contributed by atoms with van der Waals surface area (Å²) in [6.07, 6.45) is 18.6. The zero-order valence-corrected chi connectivity index (χ0v) is 17.4. The van der Waals surface area contributed by atoms with Crippen LogP contribution in [0.25, 0.3) is 0 Å². The standard InChI is InChI=1S/C20H38O2S2/c1-2-3-4-5-6-7-8-9-10-13-17-22-20(21)15-12-11-14-19-16-18-23-24-19/h19H,2-18H2,1H3. The molecule has 0 bridgehead atoms. The van der Waals surface area contributed by atoms with E-state index in [4.69, 9.17) is 4.74 Å². The molecule has 0 radical (unpaired) electrons. The van der Waals surface area contributed by atoms with Gasteiger partial charge in [-0.15, -0.1) is 0 Å². The summed E-state index contributed by atoms with van der Waals surface area (Å²) in [7, 11) is 4.03. The number of carbonyl (C=O) groups is 1. The van der Waals surface area contributed by atoms with Crippen LogP contribution in [0.1, 0.15) is 103 Å². The normalized spacial score (nSPS) is 17.3. The van der Waals surface area contributed by atoms with E-state index in [1.54, 1.807) is 0 Å². The molecule has 1 aliphatic rings. The molecular weight excluding hydrogens is 336 g/mol. The predicted molar refractivity (Wildman–Crippen MR) is 110 cm³/mol. The van der Waals surface area contributed by atoms with E-state index in [2.05, 4.69) is 6.92 Å². The molecule has 0 N–H and O–H groups in total. The Labute approximate surface area is 158 Å². The van der Waals surface area contributed by atoms with Crippen LogP contribution in [0.5, 0.6) is 0 Å². The zero-order chi connectivity index (χ0) is 17.3. The molecule has 1 rings (SSSR count). The monoisotopic (exact) mass is 374 g/mol. The molecule has 0 saturated carbocycles. The van der Waals surface area contributed by atoms with Crippen molar-refractivity contribution in [2.24, 2.45) is 0 Å². The molecule has 0 aromatic heterocycles. The Bertz CT molecular complexity index is 291. The third-order valence-corrected chi connectivity index (χ3v) is 7.65. The molecule has 24 heavy (non-hydrogen) atoms. The van der Waals surface area contributed by atoms with Gasteiger partial charge >= 0.3 is 5.97 Å². The fourth-order valence-corrected chi connectivity index (χ4v) is 6.08. The van der Waals surface area contributed by atoms with E-state index in [9.17, 15) is 4.79 Å². The first-order valence-electron chi connectivity index (χ1n) is 10.3. The first kappa shape index (κ1) is 22.2. The number of hydrogen-bond donors (Lipinski definition) is 0. The summed E-state index contributed by atoms with van der Waals surface area (Å²) in [6, 6.07) is 0. The molecule has 1 atom stereocenters. The van der Waals surface area contributed by atoms with Gasteiger partial charge in [-0.05, 0) is 25.7 Å². The minimum absolute atomic E-state index is 0.0133. The van der Waals surface area contributed by atoms with Gasteiger partial charge in [0, 0.05) is 17.4 Å². The van der Waals surface area contributed by atoms with Gasteiger partial charge in [0.05, 0.1) is 6.61 Å². The van der Waals surface area contributed by atoms with Gasteiger partial charge < -0.3 is 4.74 Å². The summed E-state index contributed by atoms with van der Waals surface area (Å²) in [5.74, 6) is 1.32. The predicted octanol–water partition coefficient (Wildman–Crippen LogP) is 7.16. The third-order valence-electron chi connectivity index (χ3n) is 4.65. The van der Waals surface area contributed by atoms with Gasteiger partial charge in [0.25, 0.3) is 0 Å². The average Bonchev–Trinajstić information content (AvgIpc) is 3.10. The minimum atomic E-state index is 0.0133. The van der Waals surface area contributed by atoms with Gasteiger partial charge in [-0.25, -0.2) is 0 Å². The van der Waals surface area contributed by atoms with Gasteiger partial charge in [0.15, 0.2) is 0 Å². The molecule has 1 fully saturated rings. The molecule has 1 heterocycles. The number of esters is 1. The van der Waals surface area contributed by atoms with Gasteiger partial charge in [0.1, 0.15) is 0 Å². The number of rotatable bonds is 16. The SMILES string of the molecule is CCCCCCCCCCCCOC(=O)CCCCC1CCSS1. The lowest BCUT2D eigenvalue weighted by molar-refractivity contribution is -0.143. The maximum Gasteiger partial charge on any atom is 0.305 e. The smallest absolute Gasteiger partial charge is 0.305 e. The maximum atomic E-state index is 11.7. The maximum absolute atomic E-state index is 11.7. The second kappa shape index (κ2) is 16.6. The van der Waals surface area contributed by atoms with Crippen molar-refractivity contribution in [3.8, 4) is 0 Å². The highest BCUT2D eigenvalue weighted by molar-refractivity contribution is 8.77. The average molecular weight is 375 g/mol. The molecule has 0 spiro atoms. The highest BCUT2D eigenvalue weighted by Gasteiger charge is 2.15. The van der Waals surface area contributed by atoms with E-state index in [0.29, 0.717) is 13.0 Å². The number of hydrogen-bond acceptors (Lipinski definition) is 4. The fourth-order valence-electron chi connectivity index (χ4n) is 3.05.